The molecule has 0 aliphatic heterocycles. The van der Waals surface area contributed by atoms with Gasteiger partial charge in [-0.1, -0.05) is 0 Å². The summed E-state index contributed by atoms with van der Waals surface area (Å²) in [6, 6.07) is 4.43. The van der Waals surface area contributed by atoms with Crippen LogP contribution in [0.25, 0.3) is 11.3 Å². The highest BCUT2D eigenvalue weighted by Gasteiger charge is 2.32. The predicted molar refractivity (Wildman–Crippen MR) is 60.0 cm³/mol. The van der Waals surface area contributed by atoms with Crippen molar-refractivity contribution in [1.29, 1.82) is 0 Å². The first-order valence-corrected chi connectivity index (χ1v) is 5.22. The molecular formula is C12H8F4N2O. The minimum atomic E-state index is -4.67. The molecule has 7 heteroatoms. The molecule has 0 atom stereocenters. The summed E-state index contributed by atoms with van der Waals surface area (Å²) >= 11 is 0. The zero-order chi connectivity index (χ0) is 14.2. The largest absolute Gasteiger partial charge is 0.431 e. The van der Waals surface area contributed by atoms with Crippen LogP contribution in [0.4, 0.5) is 17.6 Å². The van der Waals surface area contributed by atoms with Gasteiger partial charge in [-0.2, -0.15) is 18.2 Å². The Hall–Kier alpha value is -2.18. The zero-order valence-electron chi connectivity index (χ0n) is 9.68. The van der Waals surface area contributed by atoms with Gasteiger partial charge in [0, 0.05) is 5.56 Å². The van der Waals surface area contributed by atoms with Crippen molar-refractivity contribution in [2.75, 3.05) is 0 Å². The fraction of sp³-hybridized carbons (Fsp3) is 0.167. The number of nitrogens with zero attached hydrogens (tertiary/aromatic N) is 1. The van der Waals surface area contributed by atoms with Crippen LogP contribution in [0.5, 0.6) is 0 Å². The second-order valence-corrected chi connectivity index (χ2v) is 3.95. The lowest BCUT2D eigenvalue weighted by atomic mass is 10.1. The summed E-state index contributed by atoms with van der Waals surface area (Å²) in [7, 11) is 0. The van der Waals surface area contributed by atoms with E-state index in [-0.39, 0.29) is 16.8 Å². The minimum absolute atomic E-state index is 0.154. The van der Waals surface area contributed by atoms with Crippen LogP contribution in [-0.2, 0) is 6.18 Å². The van der Waals surface area contributed by atoms with Crippen LogP contribution in [-0.4, -0.2) is 9.97 Å². The third-order valence-corrected chi connectivity index (χ3v) is 2.50. The van der Waals surface area contributed by atoms with Crippen molar-refractivity contribution in [1.82, 2.24) is 9.97 Å². The van der Waals surface area contributed by atoms with Gasteiger partial charge in [0.2, 0.25) is 0 Å². The molecule has 0 bridgehead atoms. The minimum Gasteiger partial charge on any atom is -0.302 e. The number of alkyl halides is 3. The fourth-order valence-electron chi connectivity index (χ4n) is 1.56. The Morgan fingerprint density at radius 1 is 1.21 bits per heavy atom. The van der Waals surface area contributed by atoms with Crippen molar-refractivity contribution in [3.05, 3.63) is 51.8 Å². The van der Waals surface area contributed by atoms with Crippen molar-refractivity contribution in [2.24, 2.45) is 0 Å². The molecule has 0 saturated carbocycles. The summed E-state index contributed by atoms with van der Waals surface area (Å²) < 4.78 is 50.7. The number of aromatic amines is 1. The highest BCUT2D eigenvalue weighted by molar-refractivity contribution is 5.60. The van der Waals surface area contributed by atoms with E-state index in [2.05, 4.69) is 4.98 Å². The lowest BCUT2D eigenvalue weighted by molar-refractivity contribution is -0.141. The van der Waals surface area contributed by atoms with Gasteiger partial charge in [0.15, 0.2) is 0 Å². The van der Waals surface area contributed by atoms with Crippen LogP contribution in [0, 0.1) is 12.7 Å². The van der Waals surface area contributed by atoms with Crippen LogP contribution in [0.1, 0.15) is 11.3 Å². The molecule has 2 rings (SSSR count). The van der Waals surface area contributed by atoms with E-state index < -0.39 is 23.4 Å². The van der Waals surface area contributed by atoms with Gasteiger partial charge in [-0.25, -0.2) is 9.18 Å². The zero-order valence-corrected chi connectivity index (χ0v) is 9.68. The number of H-pyrrole nitrogens is 1. The van der Waals surface area contributed by atoms with Gasteiger partial charge in [-0.3, -0.25) is 0 Å². The maximum absolute atomic E-state index is 13.1. The number of nitrogens with one attached hydrogen (secondary N) is 1. The molecule has 0 unspecified atom stereocenters. The van der Waals surface area contributed by atoms with Gasteiger partial charge in [0.1, 0.15) is 11.5 Å². The van der Waals surface area contributed by atoms with Crippen LogP contribution in [0.3, 0.4) is 0 Å². The topological polar surface area (TPSA) is 45.8 Å². The average Bonchev–Trinajstić information content (AvgIpc) is 2.31. The fourth-order valence-corrected chi connectivity index (χ4v) is 1.56. The van der Waals surface area contributed by atoms with Crippen molar-refractivity contribution in [2.45, 2.75) is 13.1 Å². The van der Waals surface area contributed by atoms with Crippen molar-refractivity contribution in [3.63, 3.8) is 0 Å². The summed E-state index contributed by atoms with van der Waals surface area (Å²) in [5, 5.41) is 0. The maximum atomic E-state index is 13.1. The van der Waals surface area contributed by atoms with Crippen LogP contribution in [0.15, 0.2) is 29.1 Å². The second kappa shape index (κ2) is 4.49. The maximum Gasteiger partial charge on any atom is 0.431 e. The van der Waals surface area contributed by atoms with Gasteiger partial charge < -0.3 is 4.98 Å². The molecule has 1 heterocycles. The van der Waals surface area contributed by atoms with E-state index in [0.717, 1.165) is 6.07 Å². The Morgan fingerprint density at radius 3 is 2.47 bits per heavy atom. The Kier molecular flexibility index (Phi) is 3.13. The smallest absolute Gasteiger partial charge is 0.302 e. The third kappa shape index (κ3) is 2.81. The Balaban J connectivity index is 2.59. The molecule has 0 aliphatic rings. The van der Waals surface area contributed by atoms with E-state index in [1.54, 1.807) is 4.98 Å². The first kappa shape index (κ1) is 13.3. The Bertz CT molecular complexity index is 676. The molecule has 0 amide bonds. The lowest BCUT2D eigenvalue weighted by Gasteiger charge is -2.08. The van der Waals surface area contributed by atoms with E-state index in [1.165, 1.54) is 19.1 Å². The van der Waals surface area contributed by atoms with Crippen LogP contribution >= 0.6 is 0 Å². The molecule has 19 heavy (non-hydrogen) atoms. The number of hydrogen-bond donors (Lipinski definition) is 1. The number of benzene rings is 1. The molecule has 100 valence electrons. The number of halogens is 4. The molecule has 2 aromatic rings. The quantitative estimate of drug-likeness (QED) is 0.811. The molecule has 0 aliphatic carbocycles. The van der Waals surface area contributed by atoms with E-state index in [1.807, 2.05) is 0 Å². The van der Waals surface area contributed by atoms with E-state index >= 15 is 0 Å². The van der Waals surface area contributed by atoms with Crippen LogP contribution in [0.2, 0.25) is 0 Å². The van der Waals surface area contributed by atoms with Crippen molar-refractivity contribution >= 4 is 0 Å². The van der Waals surface area contributed by atoms with Crippen molar-refractivity contribution < 1.29 is 17.6 Å². The predicted octanol–water partition coefficient (Wildman–Crippen LogP) is 2.90. The van der Waals surface area contributed by atoms with Gasteiger partial charge in [0.05, 0.1) is 5.69 Å². The van der Waals surface area contributed by atoms with E-state index in [9.17, 15) is 22.4 Å². The number of hydrogen-bond acceptors (Lipinski definition) is 2. The number of aromatic nitrogens is 2. The summed E-state index contributed by atoms with van der Waals surface area (Å²) in [6.07, 6.45) is -4.67. The standard InChI is InChI=1S/C12H8F4N2O/c1-6-4-7(2-3-8(6)13)9-5-10(12(14,15)16)18-11(19)17-9/h2-5H,1H3,(H,17,18,19). The molecule has 3 nitrogen and oxygen atoms in total. The first-order valence-electron chi connectivity index (χ1n) is 5.22. The summed E-state index contributed by atoms with van der Waals surface area (Å²) in [4.78, 5) is 16.2. The number of aryl methyl sites for hydroxylation is 1. The Labute approximate surface area is 104 Å². The molecule has 0 fully saturated rings. The summed E-state index contributed by atoms with van der Waals surface area (Å²) in [6.45, 7) is 1.47. The van der Waals surface area contributed by atoms with Gasteiger partial charge in [-0.05, 0) is 36.8 Å². The van der Waals surface area contributed by atoms with Gasteiger partial charge >= 0.3 is 11.9 Å². The highest BCUT2D eigenvalue weighted by atomic mass is 19.4. The Morgan fingerprint density at radius 2 is 1.89 bits per heavy atom. The third-order valence-electron chi connectivity index (χ3n) is 2.50. The monoisotopic (exact) mass is 272 g/mol. The number of rotatable bonds is 1. The molecule has 0 radical (unpaired) electrons. The molecule has 1 N–H and O–H groups in total. The first-order chi connectivity index (χ1) is 8.77. The van der Waals surface area contributed by atoms with E-state index in [4.69, 9.17) is 0 Å². The van der Waals surface area contributed by atoms with Gasteiger partial charge in [-0.15, -0.1) is 0 Å². The molecule has 1 aromatic carbocycles. The SMILES string of the molecule is Cc1cc(-c2cc(C(F)(F)F)[nH]c(=O)n2)ccc1F. The molecule has 1 aromatic heterocycles. The lowest BCUT2D eigenvalue weighted by Crippen LogP contribution is -2.19. The van der Waals surface area contributed by atoms with E-state index in [0.29, 0.717) is 6.07 Å². The van der Waals surface area contributed by atoms with Crippen molar-refractivity contribution in [3.8, 4) is 11.3 Å². The second-order valence-electron chi connectivity index (χ2n) is 3.95. The average molecular weight is 272 g/mol. The molecule has 0 saturated heterocycles. The summed E-state index contributed by atoms with van der Waals surface area (Å²) in [5.41, 5.74) is -1.95. The molecule has 0 spiro atoms. The normalized spacial score (nSPS) is 11.6. The van der Waals surface area contributed by atoms with Gasteiger partial charge in [0.25, 0.3) is 0 Å². The molecular weight excluding hydrogens is 264 g/mol. The van der Waals surface area contributed by atoms with Crippen LogP contribution < -0.4 is 5.69 Å². The highest BCUT2D eigenvalue weighted by Crippen LogP contribution is 2.29. The summed E-state index contributed by atoms with van der Waals surface area (Å²) in [5.74, 6) is -0.482.